The van der Waals surface area contributed by atoms with Crippen LogP contribution in [0.2, 0.25) is 0 Å². The van der Waals surface area contributed by atoms with Crippen molar-refractivity contribution in [3.8, 4) is 0 Å². The van der Waals surface area contributed by atoms with Crippen LogP contribution in [0.15, 0.2) is 0 Å². The van der Waals surface area contributed by atoms with Crippen molar-refractivity contribution in [2.45, 2.75) is 32.6 Å². The van der Waals surface area contributed by atoms with Crippen molar-refractivity contribution in [1.29, 1.82) is 0 Å². The van der Waals surface area contributed by atoms with E-state index < -0.39 is 5.97 Å². The first-order valence-corrected chi connectivity index (χ1v) is 6.20. The van der Waals surface area contributed by atoms with Crippen LogP contribution in [0.4, 0.5) is 0 Å². The number of carboxylic acids is 1. The van der Waals surface area contributed by atoms with Gasteiger partial charge in [-0.3, -0.25) is 9.59 Å². The quantitative estimate of drug-likeness (QED) is 0.759. The molecule has 1 atom stereocenters. The molecule has 5 heteroatoms. The molecule has 0 unspecified atom stereocenters. The molecular formula is C12H21NO4. The predicted molar refractivity (Wildman–Crippen MR) is 62.7 cm³/mol. The van der Waals surface area contributed by atoms with Crippen molar-refractivity contribution in [2.24, 2.45) is 5.92 Å². The molecule has 0 aromatic carbocycles. The van der Waals surface area contributed by atoms with Gasteiger partial charge < -0.3 is 14.7 Å². The van der Waals surface area contributed by atoms with Crippen LogP contribution in [-0.4, -0.2) is 48.2 Å². The van der Waals surface area contributed by atoms with E-state index in [2.05, 4.69) is 0 Å². The molecule has 1 aliphatic rings. The fourth-order valence-corrected chi connectivity index (χ4v) is 2.08. The maximum absolute atomic E-state index is 11.7. The number of carbonyl (C=O) groups excluding carboxylic acids is 1. The second-order valence-corrected chi connectivity index (χ2v) is 4.40. The normalized spacial score (nSPS) is 20.3. The number of ether oxygens (including phenoxy) is 1. The molecule has 5 nitrogen and oxygen atoms in total. The average Bonchev–Trinajstić information content (AvgIpc) is 2.33. The third kappa shape index (κ3) is 5.17. The summed E-state index contributed by atoms with van der Waals surface area (Å²) >= 11 is 0. The highest BCUT2D eigenvalue weighted by molar-refractivity contribution is 5.80. The van der Waals surface area contributed by atoms with Crippen molar-refractivity contribution in [3.05, 3.63) is 0 Å². The minimum atomic E-state index is -0.916. The molecular weight excluding hydrogens is 222 g/mol. The predicted octanol–water partition coefficient (Wildman–Crippen LogP) is 1.13. The van der Waals surface area contributed by atoms with E-state index in [1.807, 2.05) is 6.92 Å². The Morgan fingerprint density at radius 1 is 1.41 bits per heavy atom. The number of hydrogen-bond donors (Lipinski definition) is 1. The summed E-state index contributed by atoms with van der Waals surface area (Å²) in [4.78, 5) is 23.9. The van der Waals surface area contributed by atoms with Gasteiger partial charge in [-0.1, -0.05) is 0 Å². The third-order valence-electron chi connectivity index (χ3n) is 2.98. The van der Waals surface area contributed by atoms with Gasteiger partial charge in [-0.2, -0.15) is 0 Å². The second-order valence-electron chi connectivity index (χ2n) is 4.40. The summed E-state index contributed by atoms with van der Waals surface area (Å²) in [6.45, 7) is 4.81. The molecule has 1 aliphatic heterocycles. The van der Waals surface area contributed by atoms with Crippen molar-refractivity contribution in [3.63, 3.8) is 0 Å². The monoisotopic (exact) mass is 243 g/mol. The number of likely N-dealkylation sites (tertiary alicyclic amines) is 1. The van der Waals surface area contributed by atoms with Crippen LogP contribution < -0.4 is 0 Å². The van der Waals surface area contributed by atoms with Crippen molar-refractivity contribution in [1.82, 2.24) is 4.90 Å². The Bertz CT molecular complexity index is 267. The van der Waals surface area contributed by atoms with Crippen LogP contribution >= 0.6 is 0 Å². The minimum Gasteiger partial charge on any atom is -0.481 e. The Hall–Kier alpha value is -1.10. The lowest BCUT2D eigenvalue weighted by atomic mass is 9.98. The molecule has 1 amide bonds. The lowest BCUT2D eigenvalue weighted by molar-refractivity contribution is -0.141. The highest BCUT2D eigenvalue weighted by Crippen LogP contribution is 2.17. The Morgan fingerprint density at radius 3 is 2.82 bits per heavy atom. The zero-order valence-electron chi connectivity index (χ0n) is 10.4. The number of rotatable bonds is 6. The summed E-state index contributed by atoms with van der Waals surface area (Å²) in [6.07, 6.45) is 2.10. The van der Waals surface area contributed by atoms with E-state index in [4.69, 9.17) is 9.84 Å². The Morgan fingerprint density at radius 2 is 2.18 bits per heavy atom. The summed E-state index contributed by atoms with van der Waals surface area (Å²) in [5.41, 5.74) is 0. The van der Waals surface area contributed by atoms with Crippen LogP contribution in [0.3, 0.4) is 0 Å². The average molecular weight is 243 g/mol. The van der Waals surface area contributed by atoms with Crippen molar-refractivity contribution in [2.75, 3.05) is 26.3 Å². The van der Waals surface area contributed by atoms with Gasteiger partial charge in [0.25, 0.3) is 0 Å². The number of hydrogen-bond acceptors (Lipinski definition) is 3. The Labute approximate surface area is 102 Å². The molecule has 1 saturated heterocycles. The molecule has 1 rings (SSSR count). The fraction of sp³-hybridized carbons (Fsp3) is 0.833. The van der Waals surface area contributed by atoms with Gasteiger partial charge in [0.1, 0.15) is 0 Å². The number of aliphatic carboxylic acids is 1. The third-order valence-corrected chi connectivity index (χ3v) is 2.98. The van der Waals surface area contributed by atoms with Crippen molar-refractivity contribution < 1.29 is 19.4 Å². The molecule has 0 spiro atoms. The first-order chi connectivity index (χ1) is 8.13. The molecule has 0 bridgehead atoms. The van der Waals surface area contributed by atoms with E-state index in [9.17, 15) is 9.59 Å². The topological polar surface area (TPSA) is 66.8 Å². The minimum absolute atomic E-state index is 0.0476. The van der Waals surface area contributed by atoms with Crippen molar-refractivity contribution >= 4 is 11.9 Å². The molecule has 98 valence electrons. The molecule has 1 heterocycles. The molecule has 0 saturated carbocycles. The second kappa shape index (κ2) is 7.27. The molecule has 0 aliphatic carbocycles. The number of amides is 1. The molecule has 0 radical (unpaired) electrons. The van der Waals surface area contributed by atoms with Gasteiger partial charge >= 0.3 is 5.97 Å². The SMILES string of the molecule is CCOC[C@@H]1CCCN(C(=O)CCC(=O)O)C1. The summed E-state index contributed by atoms with van der Waals surface area (Å²) in [5, 5.41) is 8.54. The standard InChI is InChI=1S/C12H21NO4/c1-2-17-9-10-4-3-7-13(8-10)11(14)5-6-12(15)16/h10H,2-9H2,1H3,(H,15,16)/t10-/m1/s1. The van der Waals surface area contributed by atoms with Gasteiger partial charge in [0.05, 0.1) is 13.0 Å². The largest absolute Gasteiger partial charge is 0.481 e. The molecule has 0 aromatic heterocycles. The summed E-state index contributed by atoms with van der Waals surface area (Å²) in [7, 11) is 0. The maximum atomic E-state index is 11.7. The number of carbonyl (C=O) groups is 2. The summed E-state index contributed by atoms with van der Waals surface area (Å²) < 4.78 is 5.37. The summed E-state index contributed by atoms with van der Waals surface area (Å²) in [6, 6.07) is 0. The van der Waals surface area contributed by atoms with E-state index in [-0.39, 0.29) is 18.7 Å². The first kappa shape index (κ1) is 14.0. The van der Waals surface area contributed by atoms with Crippen LogP contribution in [0.25, 0.3) is 0 Å². The Balaban J connectivity index is 2.32. The smallest absolute Gasteiger partial charge is 0.303 e. The van der Waals surface area contributed by atoms with Crippen LogP contribution in [0.1, 0.15) is 32.6 Å². The van der Waals surface area contributed by atoms with E-state index in [1.165, 1.54) is 0 Å². The fourth-order valence-electron chi connectivity index (χ4n) is 2.08. The van der Waals surface area contributed by atoms with Crippen LogP contribution in [-0.2, 0) is 14.3 Å². The highest BCUT2D eigenvalue weighted by Gasteiger charge is 2.23. The number of nitrogens with zero attached hydrogens (tertiary/aromatic N) is 1. The molecule has 0 aromatic rings. The molecule has 1 N–H and O–H groups in total. The highest BCUT2D eigenvalue weighted by atomic mass is 16.5. The lowest BCUT2D eigenvalue weighted by Crippen LogP contribution is -2.41. The van der Waals surface area contributed by atoms with Gasteiger partial charge in [0.2, 0.25) is 5.91 Å². The Kier molecular flexibility index (Phi) is 5.97. The number of piperidine rings is 1. The van der Waals surface area contributed by atoms with Crippen LogP contribution in [0.5, 0.6) is 0 Å². The van der Waals surface area contributed by atoms with Gasteiger partial charge in [-0.25, -0.2) is 0 Å². The summed E-state index contributed by atoms with van der Waals surface area (Å²) in [5.74, 6) is -0.563. The zero-order chi connectivity index (χ0) is 12.7. The van der Waals surface area contributed by atoms with Crippen LogP contribution in [0, 0.1) is 5.92 Å². The van der Waals surface area contributed by atoms with Gasteiger partial charge in [-0.15, -0.1) is 0 Å². The van der Waals surface area contributed by atoms with E-state index >= 15 is 0 Å². The van der Waals surface area contributed by atoms with E-state index in [0.29, 0.717) is 25.7 Å². The zero-order valence-corrected chi connectivity index (χ0v) is 10.4. The lowest BCUT2D eigenvalue weighted by Gasteiger charge is -2.32. The first-order valence-electron chi connectivity index (χ1n) is 6.20. The van der Waals surface area contributed by atoms with E-state index in [0.717, 1.165) is 19.4 Å². The molecule has 17 heavy (non-hydrogen) atoms. The maximum Gasteiger partial charge on any atom is 0.303 e. The molecule has 1 fully saturated rings. The van der Waals surface area contributed by atoms with Gasteiger partial charge in [0.15, 0.2) is 0 Å². The van der Waals surface area contributed by atoms with Gasteiger partial charge in [0, 0.05) is 26.1 Å². The van der Waals surface area contributed by atoms with Gasteiger partial charge in [-0.05, 0) is 25.7 Å². The number of carboxylic acid groups (broad SMARTS) is 1. The van der Waals surface area contributed by atoms with E-state index in [1.54, 1.807) is 4.90 Å².